The SMILES string of the molecule is CCC(C)CC(C=O)CC. The van der Waals surface area contributed by atoms with Crippen LogP contribution < -0.4 is 0 Å². The van der Waals surface area contributed by atoms with Crippen LogP contribution in [0.5, 0.6) is 0 Å². The molecule has 0 amide bonds. The highest BCUT2D eigenvalue weighted by Crippen LogP contribution is 2.15. The summed E-state index contributed by atoms with van der Waals surface area (Å²) >= 11 is 0. The Morgan fingerprint density at radius 3 is 2.20 bits per heavy atom. The van der Waals surface area contributed by atoms with Gasteiger partial charge in [-0.05, 0) is 18.8 Å². The van der Waals surface area contributed by atoms with Gasteiger partial charge in [-0.2, -0.15) is 0 Å². The third-order valence-electron chi connectivity index (χ3n) is 2.12. The standard InChI is InChI=1S/C9H18O/c1-4-8(3)6-9(5-2)7-10/h7-9H,4-6H2,1-3H3. The summed E-state index contributed by atoms with van der Waals surface area (Å²) in [5.74, 6) is 1.00. The van der Waals surface area contributed by atoms with Crippen LogP contribution in [0, 0.1) is 11.8 Å². The van der Waals surface area contributed by atoms with Gasteiger partial charge >= 0.3 is 0 Å². The van der Waals surface area contributed by atoms with Gasteiger partial charge < -0.3 is 4.79 Å². The molecule has 0 aliphatic heterocycles. The molecule has 0 rings (SSSR count). The number of carbonyl (C=O) groups excluding carboxylic acids is 1. The van der Waals surface area contributed by atoms with Gasteiger partial charge in [0, 0.05) is 5.92 Å². The molecule has 0 aromatic carbocycles. The zero-order valence-corrected chi connectivity index (χ0v) is 7.26. The quantitative estimate of drug-likeness (QED) is 0.539. The predicted molar refractivity (Wildman–Crippen MR) is 43.9 cm³/mol. The van der Waals surface area contributed by atoms with E-state index in [0.29, 0.717) is 11.8 Å². The maximum Gasteiger partial charge on any atom is 0.123 e. The van der Waals surface area contributed by atoms with Crippen LogP contribution in [0.3, 0.4) is 0 Å². The third-order valence-corrected chi connectivity index (χ3v) is 2.12. The van der Waals surface area contributed by atoms with Crippen LogP contribution in [0.1, 0.15) is 40.0 Å². The third kappa shape index (κ3) is 3.65. The maximum absolute atomic E-state index is 10.4. The van der Waals surface area contributed by atoms with Gasteiger partial charge in [-0.25, -0.2) is 0 Å². The van der Waals surface area contributed by atoms with Gasteiger partial charge in [-0.3, -0.25) is 0 Å². The van der Waals surface area contributed by atoms with Crippen molar-refractivity contribution in [3.05, 3.63) is 0 Å². The molecule has 0 bridgehead atoms. The van der Waals surface area contributed by atoms with E-state index in [1.807, 2.05) is 0 Å². The van der Waals surface area contributed by atoms with Gasteiger partial charge in [-0.15, -0.1) is 0 Å². The Balaban J connectivity index is 3.51. The van der Waals surface area contributed by atoms with E-state index in [0.717, 1.165) is 19.1 Å². The van der Waals surface area contributed by atoms with Crippen LogP contribution in [0.2, 0.25) is 0 Å². The van der Waals surface area contributed by atoms with Crippen molar-refractivity contribution in [2.75, 3.05) is 0 Å². The van der Waals surface area contributed by atoms with E-state index in [2.05, 4.69) is 20.8 Å². The predicted octanol–water partition coefficient (Wildman–Crippen LogP) is 2.65. The van der Waals surface area contributed by atoms with Gasteiger partial charge in [-0.1, -0.05) is 27.2 Å². The monoisotopic (exact) mass is 142 g/mol. The lowest BCUT2D eigenvalue weighted by atomic mass is 9.93. The Hall–Kier alpha value is -0.330. The van der Waals surface area contributed by atoms with Crippen molar-refractivity contribution in [2.24, 2.45) is 11.8 Å². The highest BCUT2D eigenvalue weighted by Gasteiger charge is 2.07. The summed E-state index contributed by atoms with van der Waals surface area (Å²) in [6.45, 7) is 6.44. The fourth-order valence-corrected chi connectivity index (χ4v) is 1.00. The summed E-state index contributed by atoms with van der Waals surface area (Å²) in [6, 6.07) is 0. The van der Waals surface area contributed by atoms with Crippen molar-refractivity contribution in [3.8, 4) is 0 Å². The molecule has 0 aromatic heterocycles. The van der Waals surface area contributed by atoms with Crippen LogP contribution in [-0.4, -0.2) is 6.29 Å². The summed E-state index contributed by atoms with van der Waals surface area (Å²) in [6.07, 6.45) is 4.33. The van der Waals surface area contributed by atoms with Gasteiger partial charge in [0.1, 0.15) is 6.29 Å². The molecular formula is C9H18O. The Labute approximate surface area is 63.8 Å². The van der Waals surface area contributed by atoms with Crippen LogP contribution >= 0.6 is 0 Å². The highest BCUT2D eigenvalue weighted by molar-refractivity contribution is 5.53. The molecule has 1 heteroatoms. The van der Waals surface area contributed by atoms with E-state index >= 15 is 0 Å². The number of hydrogen-bond donors (Lipinski definition) is 0. The summed E-state index contributed by atoms with van der Waals surface area (Å²) in [5.41, 5.74) is 0. The molecule has 0 aliphatic carbocycles. The molecule has 2 atom stereocenters. The smallest absolute Gasteiger partial charge is 0.123 e. The summed E-state index contributed by atoms with van der Waals surface area (Å²) in [7, 11) is 0. The Kier molecular flexibility index (Phi) is 5.27. The second-order valence-corrected chi connectivity index (χ2v) is 3.05. The van der Waals surface area contributed by atoms with Crippen molar-refractivity contribution in [2.45, 2.75) is 40.0 Å². The molecule has 0 radical (unpaired) electrons. The highest BCUT2D eigenvalue weighted by atomic mass is 16.1. The van der Waals surface area contributed by atoms with Crippen LogP contribution in [-0.2, 0) is 4.79 Å². The van der Waals surface area contributed by atoms with Crippen LogP contribution in [0.25, 0.3) is 0 Å². The van der Waals surface area contributed by atoms with Crippen LogP contribution in [0.4, 0.5) is 0 Å². The average molecular weight is 142 g/mol. The first kappa shape index (κ1) is 9.67. The molecule has 0 heterocycles. The Morgan fingerprint density at radius 2 is 1.90 bits per heavy atom. The maximum atomic E-state index is 10.4. The van der Waals surface area contributed by atoms with E-state index < -0.39 is 0 Å². The molecule has 0 spiro atoms. The first-order chi connectivity index (χ1) is 4.74. The van der Waals surface area contributed by atoms with E-state index in [1.165, 1.54) is 6.42 Å². The average Bonchev–Trinajstić information content (AvgIpc) is 1.99. The van der Waals surface area contributed by atoms with Crippen molar-refractivity contribution in [1.29, 1.82) is 0 Å². The van der Waals surface area contributed by atoms with Gasteiger partial charge in [0.25, 0.3) is 0 Å². The zero-order chi connectivity index (χ0) is 7.98. The van der Waals surface area contributed by atoms with E-state index in [4.69, 9.17) is 0 Å². The van der Waals surface area contributed by atoms with Crippen molar-refractivity contribution in [3.63, 3.8) is 0 Å². The molecule has 0 aromatic rings. The molecule has 0 saturated heterocycles. The fraction of sp³-hybridized carbons (Fsp3) is 0.889. The van der Waals surface area contributed by atoms with E-state index in [-0.39, 0.29) is 0 Å². The molecule has 0 fully saturated rings. The topological polar surface area (TPSA) is 17.1 Å². The number of hydrogen-bond acceptors (Lipinski definition) is 1. The summed E-state index contributed by atoms with van der Waals surface area (Å²) in [5, 5.41) is 0. The fourth-order valence-electron chi connectivity index (χ4n) is 1.00. The second kappa shape index (κ2) is 5.45. The normalized spacial score (nSPS) is 16.3. The minimum absolute atomic E-state index is 0.301. The van der Waals surface area contributed by atoms with Gasteiger partial charge in [0.2, 0.25) is 0 Å². The summed E-state index contributed by atoms with van der Waals surface area (Å²) in [4.78, 5) is 10.4. The first-order valence-corrected chi connectivity index (χ1v) is 4.19. The first-order valence-electron chi connectivity index (χ1n) is 4.19. The molecule has 0 aliphatic rings. The molecule has 0 N–H and O–H groups in total. The molecule has 60 valence electrons. The zero-order valence-electron chi connectivity index (χ0n) is 7.26. The van der Waals surface area contributed by atoms with Gasteiger partial charge in [0.05, 0.1) is 0 Å². The molecule has 1 nitrogen and oxygen atoms in total. The molecule has 0 saturated carbocycles. The molecular weight excluding hydrogens is 124 g/mol. The minimum Gasteiger partial charge on any atom is -0.303 e. The van der Waals surface area contributed by atoms with Gasteiger partial charge in [0.15, 0.2) is 0 Å². The number of rotatable bonds is 5. The number of carbonyl (C=O) groups is 1. The molecule has 10 heavy (non-hydrogen) atoms. The lowest BCUT2D eigenvalue weighted by molar-refractivity contribution is -0.111. The molecule has 2 unspecified atom stereocenters. The lowest BCUT2D eigenvalue weighted by Crippen LogP contribution is -2.05. The Morgan fingerprint density at radius 1 is 1.30 bits per heavy atom. The second-order valence-electron chi connectivity index (χ2n) is 3.05. The van der Waals surface area contributed by atoms with E-state index in [1.54, 1.807) is 0 Å². The van der Waals surface area contributed by atoms with Crippen molar-refractivity contribution in [1.82, 2.24) is 0 Å². The van der Waals surface area contributed by atoms with E-state index in [9.17, 15) is 4.79 Å². The lowest BCUT2D eigenvalue weighted by Gasteiger charge is -2.11. The number of aldehydes is 1. The largest absolute Gasteiger partial charge is 0.303 e. The van der Waals surface area contributed by atoms with Crippen molar-refractivity contribution >= 4 is 6.29 Å². The van der Waals surface area contributed by atoms with Crippen molar-refractivity contribution < 1.29 is 4.79 Å². The summed E-state index contributed by atoms with van der Waals surface area (Å²) < 4.78 is 0. The van der Waals surface area contributed by atoms with Crippen LogP contribution in [0.15, 0.2) is 0 Å². The Bertz CT molecular complexity index is 88.7. The minimum atomic E-state index is 0.301.